The highest BCUT2D eigenvalue weighted by Crippen LogP contribution is 2.23. The molecule has 0 N–H and O–H groups in total. The largest absolute Gasteiger partial charge is 0.470 e. The van der Waals surface area contributed by atoms with Crippen molar-refractivity contribution in [1.82, 2.24) is 24.5 Å². The molecule has 0 aliphatic carbocycles. The maximum Gasteiger partial charge on any atom is 0.274 e. The molecule has 30 heavy (non-hydrogen) atoms. The van der Waals surface area contributed by atoms with Gasteiger partial charge < -0.3 is 9.64 Å². The maximum atomic E-state index is 12.7. The number of aromatic nitrogens is 4. The van der Waals surface area contributed by atoms with E-state index in [1.54, 1.807) is 51.9 Å². The van der Waals surface area contributed by atoms with E-state index in [1.807, 2.05) is 48.7 Å². The Labute approximate surface area is 179 Å². The van der Waals surface area contributed by atoms with Crippen molar-refractivity contribution in [3.8, 4) is 11.4 Å². The SMILES string of the molecule is CN(Cc1ccc(-n2cccn2)cc1)C(=O)c1ccn(COc2ccccc2Cl)n1. The second kappa shape index (κ2) is 8.84. The predicted molar refractivity (Wildman–Crippen MR) is 114 cm³/mol. The van der Waals surface area contributed by atoms with Gasteiger partial charge in [0.2, 0.25) is 0 Å². The molecule has 2 aromatic heterocycles. The number of carbonyl (C=O) groups is 1. The highest BCUT2D eigenvalue weighted by atomic mass is 35.5. The predicted octanol–water partition coefficient (Wildman–Crippen LogP) is 4.03. The lowest BCUT2D eigenvalue weighted by molar-refractivity contribution is 0.0777. The first-order valence-electron chi connectivity index (χ1n) is 9.35. The Morgan fingerprint density at radius 3 is 2.60 bits per heavy atom. The lowest BCUT2D eigenvalue weighted by Crippen LogP contribution is -2.26. The van der Waals surface area contributed by atoms with E-state index in [4.69, 9.17) is 16.3 Å². The number of benzene rings is 2. The van der Waals surface area contributed by atoms with Crippen molar-refractivity contribution in [2.75, 3.05) is 7.05 Å². The number of nitrogens with zero attached hydrogens (tertiary/aromatic N) is 5. The van der Waals surface area contributed by atoms with Crippen LogP contribution in [0.3, 0.4) is 0 Å². The summed E-state index contributed by atoms with van der Waals surface area (Å²) in [5.74, 6) is 0.404. The summed E-state index contributed by atoms with van der Waals surface area (Å²) in [7, 11) is 1.75. The van der Waals surface area contributed by atoms with Crippen LogP contribution in [0.5, 0.6) is 5.75 Å². The fourth-order valence-corrected chi connectivity index (χ4v) is 3.15. The zero-order valence-electron chi connectivity index (χ0n) is 16.4. The third kappa shape index (κ3) is 4.52. The molecule has 0 spiro atoms. The van der Waals surface area contributed by atoms with Gasteiger partial charge in [-0.15, -0.1) is 0 Å². The summed E-state index contributed by atoms with van der Waals surface area (Å²) in [5, 5.41) is 9.05. The molecule has 0 radical (unpaired) electrons. The number of rotatable bonds is 7. The summed E-state index contributed by atoms with van der Waals surface area (Å²) < 4.78 is 9.00. The van der Waals surface area contributed by atoms with Crippen molar-refractivity contribution in [2.24, 2.45) is 0 Å². The molecule has 0 fully saturated rings. The normalized spacial score (nSPS) is 10.7. The van der Waals surface area contributed by atoms with Crippen molar-refractivity contribution in [3.63, 3.8) is 0 Å². The number of para-hydroxylation sites is 1. The molecular weight excluding hydrogens is 402 g/mol. The number of halogens is 1. The van der Waals surface area contributed by atoms with Gasteiger partial charge in [0.05, 0.1) is 10.7 Å². The molecule has 152 valence electrons. The zero-order chi connectivity index (χ0) is 20.9. The minimum Gasteiger partial charge on any atom is -0.470 e. The van der Waals surface area contributed by atoms with Gasteiger partial charge in [0.25, 0.3) is 5.91 Å². The van der Waals surface area contributed by atoms with E-state index in [2.05, 4.69) is 10.2 Å². The van der Waals surface area contributed by atoms with Crippen molar-refractivity contribution < 1.29 is 9.53 Å². The van der Waals surface area contributed by atoms with Crippen molar-refractivity contribution in [1.29, 1.82) is 0 Å². The average Bonchev–Trinajstić information content (AvgIpc) is 3.46. The van der Waals surface area contributed by atoms with Gasteiger partial charge in [-0.3, -0.25) is 4.79 Å². The van der Waals surface area contributed by atoms with Crippen LogP contribution in [0, 0.1) is 0 Å². The summed E-state index contributed by atoms with van der Waals surface area (Å²) in [6.07, 6.45) is 5.33. The van der Waals surface area contributed by atoms with E-state index >= 15 is 0 Å². The van der Waals surface area contributed by atoms with Crippen LogP contribution in [-0.2, 0) is 13.3 Å². The topological polar surface area (TPSA) is 65.2 Å². The van der Waals surface area contributed by atoms with Gasteiger partial charge in [-0.25, -0.2) is 9.36 Å². The van der Waals surface area contributed by atoms with Gasteiger partial charge in [0.1, 0.15) is 5.75 Å². The van der Waals surface area contributed by atoms with Gasteiger partial charge in [0.15, 0.2) is 12.4 Å². The molecule has 4 aromatic rings. The van der Waals surface area contributed by atoms with Crippen LogP contribution < -0.4 is 4.74 Å². The third-order valence-electron chi connectivity index (χ3n) is 4.52. The molecule has 0 bridgehead atoms. The molecule has 2 aromatic carbocycles. The monoisotopic (exact) mass is 421 g/mol. The zero-order valence-corrected chi connectivity index (χ0v) is 17.1. The second-order valence-electron chi connectivity index (χ2n) is 6.72. The molecule has 0 saturated heterocycles. The van der Waals surface area contributed by atoms with E-state index in [0.717, 1.165) is 11.3 Å². The van der Waals surface area contributed by atoms with E-state index in [-0.39, 0.29) is 12.6 Å². The Hall–Kier alpha value is -3.58. The van der Waals surface area contributed by atoms with Crippen LogP contribution in [0.2, 0.25) is 5.02 Å². The second-order valence-corrected chi connectivity index (χ2v) is 7.13. The lowest BCUT2D eigenvalue weighted by atomic mass is 10.2. The molecule has 1 amide bonds. The van der Waals surface area contributed by atoms with Crippen LogP contribution in [0.15, 0.2) is 79.3 Å². The first kappa shape index (κ1) is 19.7. The van der Waals surface area contributed by atoms with Gasteiger partial charge in [-0.2, -0.15) is 10.2 Å². The molecule has 7 nitrogen and oxygen atoms in total. The highest BCUT2D eigenvalue weighted by Gasteiger charge is 2.15. The van der Waals surface area contributed by atoms with Gasteiger partial charge in [-0.1, -0.05) is 35.9 Å². The summed E-state index contributed by atoms with van der Waals surface area (Å²) in [6.45, 7) is 0.636. The average molecular weight is 422 g/mol. The van der Waals surface area contributed by atoms with Gasteiger partial charge in [0, 0.05) is 32.2 Å². The minimum atomic E-state index is -0.164. The molecule has 0 aliphatic rings. The Bertz CT molecular complexity index is 1120. The summed E-state index contributed by atoms with van der Waals surface area (Å²) in [4.78, 5) is 14.3. The summed E-state index contributed by atoms with van der Waals surface area (Å²) in [6, 6.07) is 18.7. The molecule has 0 saturated carbocycles. The highest BCUT2D eigenvalue weighted by molar-refractivity contribution is 6.32. The first-order valence-corrected chi connectivity index (χ1v) is 9.73. The van der Waals surface area contributed by atoms with Crippen molar-refractivity contribution >= 4 is 17.5 Å². The molecule has 0 aliphatic heterocycles. The van der Waals surface area contributed by atoms with Crippen LogP contribution in [0.1, 0.15) is 16.1 Å². The fraction of sp³-hybridized carbons (Fsp3) is 0.136. The minimum absolute atomic E-state index is 0.162. The smallest absolute Gasteiger partial charge is 0.274 e. The first-order chi connectivity index (χ1) is 14.6. The summed E-state index contributed by atoms with van der Waals surface area (Å²) >= 11 is 6.08. The Kier molecular flexibility index (Phi) is 5.81. The Balaban J connectivity index is 1.35. The lowest BCUT2D eigenvalue weighted by Gasteiger charge is -2.16. The number of hydrogen-bond acceptors (Lipinski definition) is 4. The molecule has 0 unspecified atom stereocenters. The molecule has 4 rings (SSSR count). The third-order valence-corrected chi connectivity index (χ3v) is 4.83. The quantitative estimate of drug-likeness (QED) is 0.452. The van der Waals surface area contributed by atoms with Crippen LogP contribution >= 0.6 is 11.6 Å². The standard InChI is InChI=1S/C22H20ClN5O2/c1-26(15-17-7-9-18(10-8-17)28-13-4-12-24-28)22(29)20-11-14-27(25-20)16-30-21-6-3-2-5-19(21)23/h2-14H,15-16H2,1H3. The van der Waals surface area contributed by atoms with Crippen LogP contribution in [-0.4, -0.2) is 37.4 Å². The number of carbonyl (C=O) groups excluding carboxylic acids is 1. The van der Waals surface area contributed by atoms with Gasteiger partial charge >= 0.3 is 0 Å². The van der Waals surface area contributed by atoms with E-state index in [9.17, 15) is 4.79 Å². The number of ether oxygens (including phenoxy) is 1. The van der Waals surface area contributed by atoms with Crippen molar-refractivity contribution in [3.05, 3.63) is 95.5 Å². The molecule has 0 atom stereocenters. The molecule has 8 heteroatoms. The Morgan fingerprint density at radius 1 is 1.07 bits per heavy atom. The Morgan fingerprint density at radius 2 is 1.87 bits per heavy atom. The number of amides is 1. The summed E-state index contributed by atoms with van der Waals surface area (Å²) in [5.41, 5.74) is 2.34. The van der Waals surface area contributed by atoms with Crippen LogP contribution in [0.25, 0.3) is 5.69 Å². The van der Waals surface area contributed by atoms with E-state index < -0.39 is 0 Å². The molecule has 2 heterocycles. The maximum absolute atomic E-state index is 12.7. The number of hydrogen-bond donors (Lipinski definition) is 0. The fourth-order valence-electron chi connectivity index (χ4n) is 2.96. The van der Waals surface area contributed by atoms with E-state index in [1.165, 1.54) is 0 Å². The van der Waals surface area contributed by atoms with E-state index in [0.29, 0.717) is 23.0 Å². The van der Waals surface area contributed by atoms with Crippen LogP contribution in [0.4, 0.5) is 0 Å². The van der Waals surface area contributed by atoms with Crippen molar-refractivity contribution in [2.45, 2.75) is 13.3 Å². The van der Waals surface area contributed by atoms with Gasteiger partial charge in [-0.05, 0) is 42.0 Å². The molecular formula is C22H20ClN5O2.